The van der Waals surface area contributed by atoms with Gasteiger partial charge in [0.15, 0.2) is 0 Å². The molecule has 1 saturated heterocycles. The molecule has 0 saturated carbocycles. The van der Waals surface area contributed by atoms with Crippen LogP contribution in [0.2, 0.25) is 0 Å². The number of nitrogens with zero attached hydrogens (tertiary/aromatic N) is 4. The molecule has 1 aliphatic heterocycles. The van der Waals surface area contributed by atoms with Crippen LogP contribution in [-0.2, 0) is 6.54 Å². The molecule has 1 aromatic heterocycles. The van der Waals surface area contributed by atoms with Gasteiger partial charge in [0.25, 0.3) is 0 Å². The third kappa shape index (κ3) is 4.32. The van der Waals surface area contributed by atoms with Gasteiger partial charge < -0.3 is 10.6 Å². The van der Waals surface area contributed by atoms with Crippen LogP contribution in [0.15, 0.2) is 54.7 Å². The second kappa shape index (κ2) is 8.09. The van der Waals surface area contributed by atoms with Gasteiger partial charge in [-0.15, -0.1) is 0 Å². The summed E-state index contributed by atoms with van der Waals surface area (Å²) in [7, 11) is 0. The average molecular weight is 390 g/mol. The smallest absolute Gasteiger partial charge is 0.314 e. The molecular weight excluding hydrogens is 362 g/mol. The number of primary amides is 1. The Kier molecular flexibility index (Phi) is 5.36. The number of nitrogens with two attached hydrogens (primary N) is 1. The lowest BCUT2D eigenvalue weighted by Gasteiger charge is -2.33. The van der Waals surface area contributed by atoms with Gasteiger partial charge in [0.2, 0.25) is 0 Å². The van der Waals surface area contributed by atoms with Gasteiger partial charge in [0.1, 0.15) is 0 Å². The molecule has 29 heavy (non-hydrogen) atoms. The van der Waals surface area contributed by atoms with Crippen molar-refractivity contribution in [1.29, 1.82) is 0 Å². The van der Waals surface area contributed by atoms with E-state index >= 15 is 0 Å². The first-order valence-electron chi connectivity index (χ1n) is 9.99. The number of benzene rings is 2. The Balaban J connectivity index is 1.64. The van der Waals surface area contributed by atoms with Crippen LogP contribution in [0.5, 0.6) is 0 Å². The highest BCUT2D eigenvalue weighted by Crippen LogP contribution is 2.26. The molecule has 6 heteroatoms. The SMILES string of the molecule is Cc1ccc(-n2cc(CN3CCN(C(N)=O)CC3)c(-c3cccc(C)c3)n2)cc1. The minimum absolute atomic E-state index is 0.336. The van der Waals surface area contributed by atoms with Gasteiger partial charge in [-0.2, -0.15) is 5.10 Å². The molecule has 1 aliphatic rings. The second-order valence-electron chi connectivity index (χ2n) is 7.75. The van der Waals surface area contributed by atoms with Crippen molar-refractivity contribution < 1.29 is 4.79 Å². The summed E-state index contributed by atoms with van der Waals surface area (Å²) < 4.78 is 1.96. The molecule has 0 spiro atoms. The van der Waals surface area contributed by atoms with Gasteiger partial charge in [-0.05, 0) is 32.0 Å². The lowest BCUT2D eigenvalue weighted by atomic mass is 10.1. The first-order valence-corrected chi connectivity index (χ1v) is 9.99. The molecular formula is C23H27N5O. The highest BCUT2D eigenvalue weighted by atomic mass is 16.2. The third-order valence-corrected chi connectivity index (χ3v) is 5.46. The lowest BCUT2D eigenvalue weighted by molar-refractivity contribution is 0.140. The maximum Gasteiger partial charge on any atom is 0.314 e. The molecule has 0 atom stereocenters. The number of hydrogen-bond donors (Lipinski definition) is 1. The van der Waals surface area contributed by atoms with Crippen LogP contribution < -0.4 is 5.73 Å². The van der Waals surface area contributed by atoms with Crippen molar-refractivity contribution in [1.82, 2.24) is 19.6 Å². The predicted molar refractivity (Wildman–Crippen MR) is 115 cm³/mol. The Morgan fingerprint density at radius 1 is 1.00 bits per heavy atom. The summed E-state index contributed by atoms with van der Waals surface area (Å²) in [6.07, 6.45) is 2.13. The van der Waals surface area contributed by atoms with Crippen molar-refractivity contribution in [3.05, 3.63) is 71.4 Å². The Bertz CT molecular complexity index is 1000. The van der Waals surface area contributed by atoms with Crippen LogP contribution in [0.25, 0.3) is 16.9 Å². The number of carbonyl (C=O) groups excluding carboxylic acids is 1. The van der Waals surface area contributed by atoms with Crippen LogP contribution in [0.4, 0.5) is 4.79 Å². The zero-order chi connectivity index (χ0) is 20.4. The quantitative estimate of drug-likeness (QED) is 0.744. The summed E-state index contributed by atoms with van der Waals surface area (Å²) in [6, 6.07) is 16.5. The summed E-state index contributed by atoms with van der Waals surface area (Å²) in [5, 5.41) is 4.94. The molecule has 4 rings (SSSR count). The molecule has 3 aromatic rings. The average Bonchev–Trinajstić information content (AvgIpc) is 3.13. The standard InChI is InChI=1S/C23H27N5O/c1-17-6-8-21(9-7-17)28-16-20(15-26-10-12-27(13-11-26)23(24)29)22(25-28)19-5-3-4-18(2)14-19/h3-9,14,16H,10-13,15H2,1-2H3,(H2,24,29). The normalized spacial score (nSPS) is 14.9. The molecule has 0 aliphatic carbocycles. The van der Waals surface area contributed by atoms with Crippen LogP contribution >= 0.6 is 0 Å². The molecule has 0 unspecified atom stereocenters. The minimum Gasteiger partial charge on any atom is -0.351 e. The predicted octanol–water partition coefficient (Wildman–Crippen LogP) is 3.35. The summed E-state index contributed by atoms with van der Waals surface area (Å²) in [4.78, 5) is 15.4. The van der Waals surface area contributed by atoms with Crippen LogP contribution in [0.3, 0.4) is 0 Å². The fourth-order valence-corrected chi connectivity index (χ4v) is 3.76. The maximum atomic E-state index is 11.4. The van der Waals surface area contributed by atoms with Crippen LogP contribution in [0.1, 0.15) is 16.7 Å². The number of hydrogen-bond acceptors (Lipinski definition) is 3. The zero-order valence-electron chi connectivity index (χ0n) is 17.0. The number of carbonyl (C=O) groups is 1. The van der Waals surface area contributed by atoms with E-state index in [1.807, 2.05) is 4.68 Å². The van der Waals surface area contributed by atoms with Crippen molar-refractivity contribution in [2.45, 2.75) is 20.4 Å². The molecule has 0 radical (unpaired) electrons. The lowest BCUT2D eigenvalue weighted by Crippen LogP contribution is -2.50. The van der Waals surface area contributed by atoms with Gasteiger partial charge in [0.05, 0.1) is 11.4 Å². The largest absolute Gasteiger partial charge is 0.351 e. The van der Waals surface area contributed by atoms with Crippen molar-refractivity contribution in [2.75, 3.05) is 26.2 Å². The fraction of sp³-hybridized carbons (Fsp3) is 0.304. The van der Waals surface area contributed by atoms with Crippen molar-refractivity contribution in [3.8, 4) is 16.9 Å². The number of piperazine rings is 1. The number of aryl methyl sites for hydroxylation is 2. The Morgan fingerprint density at radius 2 is 1.72 bits per heavy atom. The van der Waals surface area contributed by atoms with E-state index in [0.717, 1.165) is 36.6 Å². The highest BCUT2D eigenvalue weighted by molar-refractivity contribution is 5.72. The monoisotopic (exact) mass is 389 g/mol. The van der Waals surface area contributed by atoms with Gasteiger partial charge in [0, 0.05) is 50.0 Å². The van der Waals surface area contributed by atoms with Gasteiger partial charge in [-0.25, -0.2) is 9.48 Å². The molecule has 2 heterocycles. The van der Waals surface area contributed by atoms with E-state index < -0.39 is 0 Å². The first kappa shape index (κ1) is 19.2. The maximum absolute atomic E-state index is 11.4. The number of aromatic nitrogens is 2. The van der Waals surface area contributed by atoms with Crippen LogP contribution in [0, 0.1) is 13.8 Å². The third-order valence-electron chi connectivity index (χ3n) is 5.46. The minimum atomic E-state index is -0.336. The number of amides is 2. The van der Waals surface area contributed by atoms with Gasteiger partial charge >= 0.3 is 6.03 Å². The van der Waals surface area contributed by atoms with Crippen LogP contribution in [-0.4, -0.2) is 51.8 Å². The Morgan fingerprint density at radius 3 is 2.38 bits per heavy atom. The fourth-order valence-electron chi connectivity index (χ4n) is 3.76. The van der Waals surface area contributed by atoms with Gasteiger partial charge in [-0.3, -0.25) is 4.90 Å². The number of urea groups is 1. The van der Waals surface area contributed by atoms with Crippen molar-refractivity contribution >= 4 is 6.03 Å². The first-order chi connectivity index (χ1) is 14.0. The molecule has 2 amide bonds. The van der Waals surface area contributed by atoms with Crippen molar-refractivity contribution in [3.63, 3.8) is 0 Å². The molecule has 1 fully saturated rings. The van der Waals surface area contributed by atoms with E-state index in [2.05, 4.69) is 73.5 Å². The van der Waals surface area contributed by atoms with E-state index in [9.17, 15) is 4.79 Å². The Hall–Kier alpha value is -3.12. The van der Waals surface area contributed by atoms with Crippen molar-refractivity contribution in [2.24, 2.45) is 5.73 Å². The van der Waals surface area contributed by atoms with E-state index in [1.54, 1.807) is 4.90 Å². The van der Waals surface area contributed by atoms with E-state index in [-0.39, 0.29) is 6.03 Å². The topological polar surface area (TPSA) is 67.4 Å². The second-order valence-corrected chi connectivity index (χ2v) is 7.75. The molecule has 2 aromatic carbocycles. The van der Waals surface area contributed by atoms with E-state index in [1.165, 1.54) is 16.7 Å². The summed E-state index contributed by atoms with van der Waals surface area (Å²) in [5.74, 6) is 0. The molecule has 2 N–H and O–H groups in total. The summed E-state index contributed by atoms with van der Waals surface area (Å²) >= 11 is 0. The zero-order valence-corrected chi connectivity index (χ0v) is 17.0. The highest BCUT2D eigenvalue weighted by Gasteiger charge is 2.21. The molecule has 150 valence electrons. The molecule has 6 nitrogen and oxygen atoms in total. The summed E-state index contributed by atoms with van der Waals surface area (Å²) in [5.41, 5.74) is 12.2. The van der Waals surface area contributed by atoms with Gasteiger partial charge in [-0.1, -0.05) is 41.5 Å². The number of rotatable bonds is 4. The summed E-state index contributed by atoms with van der Waals surface area (Å²) in [6.45, 7) is 7.94. The Labute approximate surface area is 171 Å². The van der Waals surface area contributed by atoms with E-state index in [4.69, 9.17) is 10.8 Å². The van der Waals surface area contributed by atoms with E-state index in [0.29, 0.717) is 13.1 Å². The molecule has 0 bridgehead atoms.